The van der Waals surface area contributed by atoms with Gasteiger partial charge in [0.05, 0.1) is 17.0 Å². The van der Waals surface area contributed by atoms with E-state index in [-0.39, 0.29) is 23.7 Å². The Hall–Kier alpha value is -2.38. The number of carbonyl (C=O) groups excluding carboxylic acids is 2. The van der Waals surface area contributed by atoms with Crippen LogP contribution >= 0.6 is 11.3 Å². The van der Waals surface area contributed by atoms with E-state index in [0.29, 0.717) is 40.5 Å². The van der Waals surface area contributed by atoms with Crippen molar-refractivity contribution < 1.29 is 19.4 Å². The standard InChI is InChI=1S/C20H22N2O4S/c1-12(23)10-17-22-16-8-7-15(19(25)20(16)27-17)18(24)13-5-6-14(21-11-13)4-3-9-26-2/h5-6,11,24H,3-4,7-10H2,1-2H3. The summed E-state index contributed by atoms with van der Waals surface area (Å²) in [5, 5.41) is 11.3. The number of methoxy groups -OCH3 is 1. The fourth-order valence-electron chi connectivity index (χ4n) is 3.04. The van der Waals surface area contributed by atoms with Gasteiger partial charge in [-0.1, -0.05) is 0 Å². The van der Waals surface area contributed by atoms with E-state index in [1.165, 1.54) is 18.3 Å². The molecule has 0 fully saturated rings. The van der Waals surface area contributed by atoms with Crippen LogP contribution in [-0.2, 0) is 28.8 Å². The zero-order valence-electron chi connectivity index (χ0n) is 15.4. The van der Waals surface area contributed by atoms with Crippen LogP contribution in [0.1, 0.15) is 51.4 Å². The number of ether oxygens (including phenoxy) is 1. The number of hydrogen-bond donors (Lipinski definition) is 1. The van der Waals surface area contributed by atoms with E-state index in [9.17, 15) is 14.7 Å². The number of ketones is 2. The Labute approximate surface area is 161 Å². The highest BCUT2D eigenvalue weighted by atomic mass is 32.1. The summed E-state index contributed by atoms with van der Waals surface area (Å²) in [5.41, 5.74) is 2.56. The minimum atomic E-state index is -0.203. The van der Waals surface area contributed by atoms with E-state index in [0.717, 1.165) is 24.2 Å². The molecule has 0 spiro atoms. The first-order chi connectivity index (χ1) is 13.0. The van der Waals surface area contributed by atoms with E-state index < -0.39 is 0 Å². The van der Waals surface area contributed by atoms with Crippen molar-refractivity contribution in [1.82, 2.24) is 9.97 Å². The number of thiazole rings is 1. The number of aliphatic hydroxyl groups is 1. The lowest BCUT2D eigenvalue weighted by molar-refractivity contribution is -0.116. The summed E-state index contributed by atoms with van der Waals surface area (Å²) in [6.45, 7) is 2.18. The summed E-state index contributed by atoms with van der Waals surface area (Å²) in [6.07, 6.45) is 4.53. The molecular formula is C20H22N2O4S. The Morgan fingerprint density at radius 2 is 2.15 bits per heavy atom. The predicted octanol–water partition coefficient (Wildman–Crippen LogP) is 3.35. The highest BCUT2D eigenvalue weighted by molar-refractivity contribution is 7.14. The molecule has 0 atom stereocenters. The number of hydrogen-bond acceptors (Lipinski definition) is 7. The van der Waals surface area contributed by atoms with Crippen LogP contribution in [0.5, 0.6) is 0 Å². The van der Waals surface area contributed by atoms with E-state index in [1.807, 2.05) is 6.07 Å². The minimum absolute atomic E-state index is 0.0174. The Morgan fingerprint density at radius 1 is 1.33 bits per heavy atom. The van der Waals surface area contributed by atoms with Gasteiger partial charge in [0.1, 0.15) is 16.6 Å². The molecule has 2 aromatic rings. The lowest BCUT2D eigenvalue weighted by Crippen LogP contribution is -2.14. The highest BCUT2D eigenvalue weighted by Crippen LogP contribution is 2.33. The summed E-state index contributed by atoms with van der Waals surface area (Å²) in [6, 6.07) is 3.65. The number of aryl methyl sites for hydroxylation is 2. The maximum absolute atomic E-state index is 12.8. The van der Waals surface area contributed by atoms with Crippen LogP contribution in [0.4, 0.5) is 0 Å². The number of allylic oxidation sites excluding steroid dienone is 1. The number of carbonyl (C=O) groups is 2. The lowest BCUT2D eigenvalue weighted by atomic mass is 9.93. The zero-order chi connectivity index (χ0) is 19.4. The molecule has 1 N–H and O–H groups in total. The molecule has 0 saturated carbocycles. The van der Waals surface area contributed by atoms with Gasteiger partial charge in [0.25, 0.3) is 0 Å². The van der Waals surface area contributed by atoms with Crippen molar-refractivity contribution in [3.8, 4) is 0 Å². The van der Waals surface area contributed by atoms with Gasteiger partial charge in [-0.05, 0) is 44.7 Å². The van der Waals surface area contributed by atoms with Crippen molar-refractivity contribution in [1.29, 1.82) is 0 Å². The van der Waals surface area contributed by atoms with Crippen LogP contribution in [0.25, 0.3) is 5.76 Å². The van der Waals surface area contributed by atoms with Crippen LogP contribution in [0, 0.1) is 0 Å². The van der Waals surface area contributed by atoms with Gasteiger partial charge >= 0.3 is 0 Å². The molecule has 7 heteroatoms. The predicted molar refractivity (Wildman–Crippen MR) is 103 cm³/mol. The smallest absolute Gasteiger partial charge is 0.204 e. The van der Waals surface area contributed by atoms with Gasteiger partial charge in [-0.15, -0.1) is 11.3 Å². The Balaban J connectivity index is 1.80. The van der Waals surface area contributed by atoms with E-state index in [4.69, 9.17) is 4.74 Å². The fraction of sp³-hybridized carbons (Fsp3) is 0.400. The zero-order valence-corrected chi connectivity index (χ0v) is 16.3. The maximum Gasteiger partial charge on any atom is 0.204 e. The molecule has 0 saturated heterocycles. The van der Waals surface area contributed by atoms with Crippen molar-refractivity contribution in [3.63, 3.8) is 0 Å². The second-order valence-corrected chi connectivity index (χ2v) is 7.64. The number of aliphatic hydroxyl groups excluding tert-OH is 1. The van der Waals surface area contributed by atoms with Crippen LogP contribution in [0.3, 0.4) is 0 Å². The van der Waals surface area contributed by atoms with Gasteiger partial charge in [-0.25, -0.2) is 4.98 Å². The fourth-order valence-corrected chi connectivity index (χ4v) is 4.19. The average Bonchev–Trinajstić information content (AvgIpc) is 3.05. The summed E-state index contributed by atoms with van der Waals surface area (Å²) in [4.78, 5) is 33.4. The number of nitrogens with zero attached hydrogens (tertiary/aromatic N) is 2. The first-order valence-electron chi connectivity index (χ1n) is 8.88. The van der Waals surface area contributed by atoms with Gasteiger partial charge in [0.15, 0.2) is 0 Å². The quantitative estimate of drug-likeness (QED) is 0.446. The van der Waals surface area contributed by atoms with Crippen molar-refractivity contribution in [2.75, 3.05) is 13.7 Å². The van der Waals surface area contributed by atoms with Crippen molar-refractivity contribution in [2.24, 2.45) is 0 Å². The van der Waals surface area contributed by atoms with Crippen LogP contribution in [0.15, 0.2) is 23.9 Å². The molecule has 27 heavy (non-hydrogen) atoms. The molecule has 0 radical (unpaired) electrons. The van der Waals surface area contributed by atoms with Crippen molar-refractivity contribution >= 4 is 28.7 Å². The largest absolute Gasteiger partial charge is 0.507 e. The number of Topliss-reactive ketones (excluding diaryl/α,β-unsaturated/α-hetero) is 2. The topological polar surface area (TPSA) is 89.4 Å². The second kappa shape index (κ2) is 8.54. The van der Waals surface area contributed by atoms with Gasteiger partial charge in [-0.3, -0.25) is 14.6 Å². The average molecular weight is 386 g/mol. The number of pyridine rings is 1. The number of rotatable bonds is 7. The van der Waals surface area contributed by atoms with Crippen molar-refractivity contribution in [2.45, 2.75) is 39.0 Å². The molecule has 2 aromatic heterocycles. The molecule has 1 aliphatic rings. The summed E-state index contributed by atoms with van der Waals surface area (Å²) < 4.78 is 5.03. The monoisotopic (exact) mass is 386 g/mol. The van der Waals surface area contributed by atoms with Gasteiger partial charge in [0.2, 0.25) is 5.78 Å². The van der Waals surface area contributed by atoms with Gasteiger partial charge < -0.3 is 9.84 Å². The number of fused-ring (bicyclic) bond motifs is 1. The molecule has 0 unspecified atom stereocenters. The first-order valence-corrected chi connectivity index (χ1v) is 9.70. The molecule has 0 bridgehead atoms. The van der Waals surface area contributed by atoms with E-state index in [2.05, 4.69) is 9.97 Å². The van der Waals surface area contributed by atoms with Crippen molar-refractivity contribution in [3.05, 3.63) is 50.7 Å². The van der Waals surface area contributed by atoms with Crippen LogP contribution in [0.2, 0.25) is 0 Å². The summed E-state index contributed by atoms with van der Waals surface area (Å²) >= 11 is 1.25. The molecule has 3 rings (SSSR count). The molecule has 0 aromatic carbocycles. The molecule has 1 aliphatic carbocycles. The van der Waals surface area contributed by atoms with Crippen LogP contribution in [-0.4, -0.2) is 40.4 Å². The Kier molecular flexibility index (Phi) is 6.13. The molecule has 142 valence electrons. The second-order valence-electron chi connectivity index (χ2n) is 6.55. The Bertz CT molecular complexity index is 884. The molecular weight excluding hydrogens is 364 g/mol. The van der Waals surface area contributed by atoms with E-state index in [1.54, 1.807) is 19.4 Å². The molecule has 6 nitrogen and oxygen atoms in total. The molecule has 2 heterocycles. The third kappa shape index (κ3) is 4.48. The highest BCUT2D eigenvalue weighted by Gasteiger charge is 2.29. The van der Waals surface area contributed by atoms with Crippen LogP contribution < -0.4 is 0 Å². The van der Waals surface area contributed by atoms with Gasteiger partial charge in [-0.2, -0.15) is 0 Å². The SMILES string of the molecule is COCCCc1ccc(C(O)=C2CCc3nc(CC(C)=O)sc3C2=O)cn1. The maximum atomic E-state index is 12.8. The van der Waals surface area contributed by atoms with Gasteiger partial charge in [0, 0.05) is 36.7 Å². The summed E-state index contributed by atoms with van der Waals surface area (Å²) in [5.74, 6) is -0.211. The Morgan fingerprint density at radius 3 is 2.81 bits per heavy atom. The molecule has 0 aliphatic heterocycles. The number of aromatic nitrogens is 2. The molecule has 0 amide bonds. The minimum Gasteiger partial charge on any atom is -0.507 e. The third-order valence-corrected chi connectivity index (χ3v) is 5.50. The lowest BCUT2D eigenvalue weighted by Gasteiger charge is -2.14. The third-order valence-electron chi connectivity index (χ3n) is 4.40. The first kappa shape index (κ1) is 19.4. The normalized spacial score (nSPS) is 15.6. The van der Waals surface area contributed by atoms with E-state index >= 15 is 0 Å². The summed E-state index contributed by atoms with van der Waals surface area (Å²) in [7, 11) is 1.67.